The molecule has 0 saturated heterocycles. The summed E-state index contributed by atoms with van der Waals surface area (Å²) in [5, 5.41) is 0. The Hall–Kier alpha value is 0.247. The molecule has 3 atom stereocenters. The van der Waals surface area contributed by atoms with E-state index in [1.165, 1.54) is 25.3 Å². The van der Waals surface area contributed by atoms with Crippen LogP contribution >= 0.6 is 11.1 Å². The molecule has 0 radical (unpaired) electrons. The smallest absolute Gasteiger partial charge is 0.150 e. The van der Waals surface area contributed by atoms with Crippen molar-refractivity contribution in [3.05, 3.63) is 12.2 Å². The Morgan fingerprint density at radius 3 is 2.54 bits per heavy atom. The molecule has 1 saturated carbocycles. The summed E-state index contributed by atoms with van der Waals surface area (Å²) in [6.45, 7) is 4.52. The normalized spacial score (nSPS) is 37.3. The summed E-state index contributed by atoms with van der Waals surface area (Å²) in [6.07, 6.45) is 9.14. The fraction of sp³-hybridized carbons (Fsp3) is 0.818. The third kappa shape index (κ3) is 2.38. The first-order valence-corrected chi connectivity index (χ1v) is 9.64. The second kappa shape index (κ2) is 3.43. The van der Waals surface area contributed by atoms with Gasteiger partial charge in [0.05, 0.1) is 0 Å². The van der Waals surface area contributed by atoms with Crippen LogP contribution in [0.25, 0.3) is 0 Å². The minimum absolute atomic E-state index is 0.915. The van der Waals surface area contributed by atoms with Crippen molar-refractivity contribution in [2.24, 2.45) is 17.8 Å². The zero-order valence-electron chi connectivity index (χ0n) is 8.59. The maximum Gasteiger partial charge on any atom is 0.150 e. The number of allylic oxidation sites excluding steroid dienone is 2. The zero-order valence-corrected chi connectivity index (χ0v) is 10.3. The molecule has 0 aromatic carbocycles. The molecule has 2 rings (SSSR count). The highest BCUT2D eigenvalue weighted by atomic mass is 35.6. The van der Waals surface area contributed by atoms with Gasteiger partial charge in [-0.15, -0.1) is 0 Å². The molecule has 74 valence electrons. The molecule has 0 amide bonds. The Bertz CT molecular complexity index is 217. The molecule has 2 heteroatoms. The first kappa shape index (κ1) is 9.79. The van der Waals surface area contributed by atoms with Gasteiger partial charge in [0.25, 0.3) is 0 Å². The Labute approximate surface area is 87.1 Å². The zero-order chi connectivity index (χ0) is 9.47. The fourth-order valence-corrected chi connectivity index (χ4v) is 4.14. The van der Waals surface area contributed by atoms with E-state index in [1.807, 2.05) is 0 Å². The first-order valence-electron chi connectivity index (χ1n) is 5.42. The van der Waals surface area contributed by atoms with Gasteiger partial charge in [-0.1, -0.05) is 31.7 Å². The van der Waals surface area contributed by atoms with Crippen LogP contribution in [0.4, 0.5) is 0 Å². The van der Waals surface area contributed by atoms with Crippen molar-refractivity contribution in [2.75, 3.05) is 0 Å². The van der Waals surface area contributed by atoms with Crippen molar-refractivity contribution in [1.82, 2.24) is 0 Å². The highest BCUT2D eigenvalue weighted by molar-refractivity contribution is 7.19. The lowest BCUT2D eigenvalue weighted by atomic mass is 9.91. The van der Waals surface area contributed by atoms with Crippen molar-refractivity contribution in [3.8, 4) is 0 Å². The fourth-order valence-electron chi connectivity index (χ4n) is 2.76. The topological polar surface area (TPSA) is 0 Å². The van der Waals surface area contributed by atoms with Gasteiger partial charge < -0.3 is 0 Å². The molecule has 0 aromatic rings. The van der Waals surface area contributed by atoms with Gasteiger partial charge in [0.1, 0.15) is 0 Å². The highest BCUT2D eigenvalue weighted by Gasteiger charge is 2.36. The average molecular weight is 215 g/mol. The van der Waals surface area contributed by atoms with E-state index in [2.05, 4.69) is 25.2 Å². The van der Waals surface area contributed by atoms with Gasteiger partial charge in [0.2, 0.25) is 0 Å². The van der Waals surface area contributed by atoms with Crippen LogP contribution in [0.3, 0.4) is 0 Å². The SMILES string of the molecule is C[Si](C)(Cl)CC[C@H]1C[C@@H]2C=C[C@H]1C2. The maximum atomic E-state index is 6.33. The molecule has 2 bridgehead atoms. The largest absolute Gasteiger partial charge is 0.168 e. The van der Waals surface area contributed by atoms with Gasteiger partial charge in [-0.05, 0) is 36.6 Å². The van der Waals surface area contributed by atoms with Gasteiger partial charge in [-0.2, -0.15) is 11.1 Å². The third-order valence-electron chi connectivity index (χ3n) is 3.53. The van der Waals surface area contributed by atoms with Crippen LogP contribution in [-0.4, -0.2) is 7.38 Å². The summed E-state index contributed by atoms with van der Waals surface area (Å²) in [4.78, 5) is 0. The highest BCUT2D eigenvalue weighted by Crippen LogP contribution is 2.46. The van der Waals surface area contributed by atoms with E-state index in [9.17, 15) is 0 Å². The third-order valence-corrected chi connectivity index (χ3v) is 5.57. The molecule has 1 fully saturated rings. The van der Waals surface area contributed by atoms with E-state index in [4.69, 9.17) is 11.1 Å². The van der Waals surface area contributed by atoms with Crippen molar-refractivity contribution in [3.63, 3.8) is 0 Å². The van der Waals surface area contributed by atoms with Crippen molar-refractivity contribution < 1.29 is 0 Å². The van der Waals surface area contributed by atoms with Crippen LogP contribution in [0.2, 0.25) is 19.1 Å². The summed E-state index contributed by atoms with van der Waals surface area (Å²) >= 11 is 6.33. The van der Waals surface area contributed by atoms with Crippen LogP contribution < -0.4 is 0 Å². The monoisotopic (exact) mass is 214 g/mol. The van der Waals surface area contributed by atoms with E-state index in [1.54, 1.807) is 0 Å². The van der Waals surface area contributed by atoms with Crippen LogP contribution in [0.1, 0.15) is 19.3 Å². The molecule has 0 N–H and O–H groups in total. The molecule has 13 heavy (non-hydrogen) atoms. The average Bonchev–Trinajstić information content (AvgIpc) is 2.58. The molecule has 0 unspecified atom stereocenters. The van der Waals surface area contributed by atoms with E-state index in [0.29, 0.717) is 0 Å². The predicted octanol–water partition coefficient (Wildman–Crippen LogP) is 4.03. The summed E-state index contributed by atoms with van der Waals surface area (Å²) in [6, 6.07) is 1.30. The van der Waals surface area contributed by atoms with Gasteiger partial charge in [0.15, 0.2) is 7.38 Å². The van der Waals surface area contributed by atoms with Crippen molar-refractivity contribution in [2.45, 2.75) is 38.4 Å². The molecule has 0 spiro atoms. The number of halogens is 1. The number of hydrogen-bond acceptors (Lipinski definition) is 0. The second-order valence-electron chi connectivity index (χ2n) is 5.30. The minimum Gasteiger partial charge on any atom is -0.168 e. The van der Waals surface area contributed by atoms with E-state index < -0.39 is 7.38 Å². The van der Waals surface area contributed by atoms with Crippen molar-refractivity contribution in [1.29, 1.82) is 0 Å². The standard InChI is InChI=1S/C11H19ClSi/c1-13(2,12)6-5-11-8-9-3-4-10(11)7-9/h3-4,9-11H,5-8H2,1-2H3/t9-,10+,11+/m1/s1. The first-order chi connectivity index (χ1) is 6.04. The Morgan fingerprint density at radius 2 is 2.08 bits per heavy atom. The summed E-state index contributed by atoms with van der Waals surface area (Å²) in [7, 11) is -1.30. The Balaban J connectivity index is 1.81. The number of rotatable bonds is 3. The molecular weight excluding hydrogens is 196 g/mol. The number of hydrogen-bond donors (Lipinski definition) is 0. The molecule has 0 nitrogen and oxygen atoms in total. The van der Waals surface area contributed by atoms with Crippen LogP contribution in [0.15, 0.2) is 12.2 Å². The lowest BCUT2D eigenvalue weighted by molar-refractivity contribution is 0.433. The van der Waals surface area contributed by atoms with Crippen LogP contribution in [0, 0.1) is 17.8 Å². The predicted molar refractivity (Wildman–Crippen MR) is 61.6 cm³/mol. The van der Waals surface area contributed by atoms with Crippen molar-refractivity contribution >= 4 is 18.5 Å². The minimum atomic E-state index is -1.30. The van der Waals surface area contributed by atoms with Crippen LogP contribution in [-0.2, 0) is 0 Å². The van der Waals surface area contributed by atoms with Gasteiger partial charge in [0, 0.05) is 0 Å². The van der Waals surface area contributed by atoms with E-state index in [0.717, 1.165) is 17.8 Å². The van der Waals surface area contributed by atoms with Gasteiger partial charge >= 0.3 is 0 Å². The summed E-state index contributed by atoms with van der Waals surface area (Å²) < 4.78 is 0. The van der Waals surface area contributed by atoms with Gasteiger partial charge in [-0.25, -0.2) is 0 Å². The number of fused-ring (bicyclic) bond motifs is 2. The van der Waals surface area contributed by atoms with Gasteiger partial charge in [-0.3, -0.25) is 0 Å². The molecule has 0 aromatic heterocycles. The van der Waals surface area contributed by atoms with E-state index >= 15 is 0 Å². The quantitative estimate of drug-likeness (QED) is 0.378. The molecule has 0 heterocycles. The lowest BCUT2D eigenvalue weighted by Crippen LogP contribution is -2.18. The molecule has 0 aliphatic heterocycles. The second-order valence-corrected chi connectivity index (χ2v) is 12.3. The van der Waals surface area contributed by atoms with E-state index in [-0.39, 0.29) is 0 Å². The Kier molecular flexibility index (Phi) is 2.58. The summed E-state index contributed by atoms with van der Waals surface area (Å²) in [5.74, 6) is 2.81. The maximum absolute atomic E-state index is 6.33. The molecule has 2 aliphatic rings. The summed E-state index contributed by atoms with van der Waals surface area (Å²) in [5.41, 5.74) is 0. The molecule has 2 aliphatic carbocycles. The Morgan fingerprint density at radius 1 is 1.31 bits per heavy atom. The lowest BCUT2D eigenvalue weighted by Gasteiger charge is -2.21. The molecular formula is C11H19ClSi. The van der Waals surface area contributed by atoms with Crippen LogP contribution in [0.5, 0.6) is 0 Å².